The van der Waals surface area contributed by atoms with Gasteiger partial charge in [-0.15, -0.1) is 0 Å². The first-order valence-corrected chi connectivity index (χ1v) is 21.1. The topological polar surface area (TPSA) is 172 Å². The molecule has 0 saturated heterocycles. The van der Waals surface area contributed by atoms with Crippen LogP contribution in [0.3, 0.4) is 0 Å². The molecule has 0 unspecified atom stereocenters. The second kappa shape index (κ2) is 19.4. The van der Waals surface area contributed by atoms with Crippen molar-refractivity contribution < 1.29 is 24.3 Å². The molecular weight excluding hydrogens is 801 g/mol. The number of non-ortho nitro benzene ring substituents is 3. The third-order valence-electron chi connectivity index (χ3n) is 11.6. The first kappa shape index (κ1) is 43.5. The third-order valence-corrected chi connectivity index (χ3v) is 11.6. The normalized spacial score (nSPS) is 11.7. The van der Waals surface area contributed by atoms with Gasteiger partial charge in [-0.2, -0.15) is 0 Å². The Kier molecular flexibility index (Phi) is 13.4. The molecule has 14 nitrogen and oxygen atoms in total. The maximum atomic E-state index is 11.9. The van der Waals surface area contributed by atoms with Crippen molar-refractivity contribution in [1.82, 2.24) is 4.58 Å². The van der Waals surface area contributed by atoms with Crippen molar-refractivity contribution in [2.75, 3.05) is 49.1 Å². The van der Waals surface area contributed by atoms with Gasteiger partial charge in [0.05, 0.1) is 20.8 Å². The van der Waals surface area contributed by atoms with Crippen LogP contribution >= 0.6 is 0 Å². The predicted octanol–water partition coefficient (Wildman–Crippen LogP) is 9.81. The molecule has 1 N–H and O–H groups in total. The van der Waals surface area contributed by atoms with E-state index in [2.05, 4.69) is 40.4 Å². The van der Waals surface area contributed by atoms with E-state index in [0.29, 0.717) is 75.4 Å². The number of phenolic OH excluding ortho intramolecular Hbond substituents is 1. The fraction of sp³-hybridized carbons (Fsp3) is 0.245. The summed E-state index contributed by atoms with van der Waals surface area (Å²) in [4.78, 5) is 36.7. The van der Waals surface area contributed by atoms with Crippen molar-refractivity contribution in [2.24, 2.45) is 0 Å². The Morgan fingerprint density at radius 3 is 1.51 bits per heavy atom. The first-order chi connectivity index (χ1) is 30.5. The third kappa shape index (κ3) is 9.97. The number of nitro groups is 3. The van der Waals surface area contributed by atoms with Gasteiger partial charge >= 0.3 is 0 Å². The van der Waals surface area contributed by atoms with Crippen LogP contribution in [0.4, 0.5) is 28.4 Å². The van der Waals surface area contributed by atoms with Crippen LogP contribution < -0.4 is 19.7 Å². The van der Waals surface area contributed by atoms with Crippen molar-refractivity contribution in [3.63, 3.8) is 0 Å². The first-order valence-electron chi connectivity index (χ1n) is 21.1. The minimum absolute atomic E-state index is 0.0533. The molecule has 1 heterocycles. The average molecular weight is 850 g/mol. The van der Waals surface area contributed by atoms with Crippen LogP contribution in [0.1, 0.15) is 37.5 Å². The molecule has 1 aliphatic carbocycles. The number of nitrogens with zero attached hydrogens (tertiary/aromatic N) is 6. The van der Waals surface area contributed by atoms with E-state index in [0.717, 1.165) is 49.9 Å². The lowest BCUT2D eigenvalue weighted by atomic mass is 9.92. The van der Waals surface area contributed by atoms with Gasteiger partial charge in [-0.05, 0) is 80.6 Å². The van der Waals surface area contributed by atoms with Crippen LogP contribution in [0.25, 0.3) is 33.4 Å². The van der Waals surface area contributed by atoms with Crippen molar-refractivity contribution in [1.29, 1.82) is 0 Å². The number of hydrogen-bond acceptors (Lipinski definition) is 10. The number of likely N-dealkylation sites (N-methyl/N-ethyl adjacent to an activating group) is 3. The molecule has 0 radical (unpaired) electrons. The zero-order valence-corrected chi connectivity index (χ0v) is 35.5. The summed E-state index contributed by atoms with van der Waals surface area (Å²) in [6.07, 6.45) is 2.03. The van der Waals surface area contributed by atoms with E-state index in [4.69, 9.17) is 4.42 Å². The largest absolute Gasteiger partial charge is 0.507 e. The molecule has 0 spiro atoms. The molecule has 0 amide bonds. The van der Waals surface area contributed by atoms with Crippen LogP contribution in [0.5, 0.6) is 5.75 Å². The molecule has 0 atom stereocenters. The summed E-state index contributed by atoms with van der Waals surface area (Å²) in [6.45, 7) is 10.3. The van der Waals surface area contributed by atoms with Gasteiger partial charge in [-0.25, -0.2) is 4.58 Å². The maximum absolute atomic E-state index is 11.9. The summed E-state index contributed by atoms with van der Waals surface area (Å²) in [5.41, 5.74) is 7.85. The molecule has 14 heteroatoms. The highest BCUT2D eigenvalue weighted by Gasteiger charge is 2.23. The van der Waals surface area contributed by atoms with Crippen LogP contribution in [0.15, 0.2) is 132 Å². The van der Waals surface area contributed by atoms with Gasteiger partial charge < -0.3 is 19.3 Å². The number of hydrogen-bond donors (Lipinski definition) is 1. The molecule has 0 saturated carbocycles. The summed E-state index contributed by atoms with van der Waals surface area (Å²) in [5.74, 6) is 0.747. The van der Waals surface area contributed by atoms with E-state index >= 15 is 0 Å². The van der Waals surface area contributed by atoms with Gasteiger partial charge in [0.2, 0.25) is 5.36 Å². The van der Waals surface area contributed by atoms with Gasteiger partial charge in [-0.1, -0.05) is 36.4 Å². The van der Waals surface area contributed by atoms with Gasteiger partial charge in [0, 0.05) is 121 Å². The van der Waals surface area contributed by atoms with Crippen molar-refractivity contribution in [2.45, 2.75) is 40.0 Å². The highest BCUT2D eigenvalue weighted by molar-refractivity contribution is 6.04. The summed E-state index contributed by atoms with van der Waals surface area (Å²) in [7, 11) is 0. The predicted molar refractivity (Wildman–Crippen MR) is 247 cm³/mol. The molecule has 0 bridgehead atoms. The van der Waals surface area contributed by atoms with E-state index in [1.807, 2.05) is 43.3 Å². The summed E-state index contributed by atoms with van der Waals surface area (Å²) in [6, 6.07) is 37.8. The van der Waals surface area contributed by atoms with E-state index in [1.165, 1.54) is 36.4 Å². The SMILES string of the molecule is CCN(CCc1ccc([N+](=O)[O-])cc1)c1ccc(-c2c3cc/c(=[N+](/CC)CCc4ccc([N+](=O)[O-])cc4)cc-3oc3cc(N(CC)CCc4ccc([N+](=O)[O-])cc4)ccc23)c(O)c1. The van der Waals surface area contributed by atoms with Crippen molar-refractivity contribution in [3.05, 3.63) is 180 Å². The average Bonchev–Trinajstić information content (AvgIpc) is 3.29. The number of phenols is 1. The second-order valence-electron chi connectivity index (χ2n) is 15.3. The fourth-order valence-corrected chi connectivity index (χ4v) is 8.03. The Balaban J connectivity index is 1.26. The second-order valence-corrected chi connectivity index (χ2v) is 15.3. The Hall–Kier alpha value is -7.61. The highest BCUT2D eigenvalue weighted by atomic mass is 16.6. The molecule has 5 aromatic carbocycles. The molecule has 2 aliphatic rings. The number of anilines is 2. The molecule has 7 rings (SSSR count). The summed E-state index contributed by atoms with van der Waals surface area (Å²) >= 11 is 0. The van der Waals surface area contributed by atoms with Crippen LogP contribution in [0.2, 0.25) is 0 Å². The van der Waals surface area contributed by atoms with Crippen molar-refractivity contribution in [3.8, 4) is 28.2 Å². The number of nitro benzene ring substituents is 3. The number of benzene rings is 6. The summed E-state index contributed by atoms with van der Waals surface area (Å²) in [5, 5.41) is 47.2. The Morgan fingerprint density at radius 1 is 0.556 bits per heavy atom. The number of fused-ring (bicyclic) bond motifs is 2. The van der Waals surface area contributed by atoms with E-state index in [9.17, 15) is 35.4 Å². The fourth-order valence-electron chi connectivity index (χ4n) is 8.03. The van der Waals surface area contributed by atoms with Crippen LogP contribution in [-0.2, 0) is 19.3 Å². The van der Waals surface area contributed by atoms with Crippen molar-refractivity contribution >= 4 is 39.4 Å². The zero-order chi connectivity index (χ0) is 44.6. The van der Waals surface area contributed by atoms with Gasteiger partial charge in [-0.3, -0.25) is 30.3 Å². The number of rotatable bonds is 18. The van der Waals surface area contributed by atoms with E-state index in [1.54, 1.807) is 42.5 Å². The molecule has 0 fully saturated rings. The maximum Gasteiger partial charge on any atom is 0.269 e. The standard InChI is InChI=1S/C49H48N6O8/c1-4-50(28-25-34-7-13-37(14-8-34)53(57)58)40-19-22-43(46(56)31-40)49-44-23-20-41(51(5-2)29-26-35-9-15-38(16-10-35)54(59)60)32-47(44)63-48-33-42(21-24-45(48)49)52(6-3)30-27-36-11-17-39(18-12-36)55(61)62/h7-24,31-33H,4-6,25-30H2,1-3H3/p+1. The van der Waals surface area contributed by atoms with Gasteiger partial charge in [0.25, 0.3) is 17.1 Å². The van der Waals surface area contributed by atoms with E-state index < -0.39 is 14.8 Å². The van der Waals surface area contributed by atoms with E-state index in [-0.39, 0.29) is 22.8 Å². The molecule has 5 aromatic rings. The molecule has 1 aliphatic heterocycles. The van der Waals surface area contributed by atoms with Crippen LogP contribution in [-0.4, -0.2) is 59.1 Å². The Bertz CT molecular complexity index is 2800. The van der Waals surface area contributed by atoms with Gasteiger partial charge in [0.15, 0.2) is 0 Å². The smallest absolute Gasteiger partial charge is 0.269 e. The molecular formula is C49H49N6O8+. The minimum Gasteiger partial charge on any atom is -0.507 e. The lowest BCUT2D eigenvalue weighted by molar-refractivity contribution is -0.385. The quantitative estimate of drug-likeness (QED) is 0.0379. The lowest BCUT2D eigenvalue weighted by Gasteiger charge is -2.25. The number of aromatic hydroxyl groups is 1. The Morgan fingerprint density at radius 2 is 1.03 bits per heavy atom. The molecule has 63 heavy (non-hydrogen) atoms. The lowest BCUT2D eigenvalue weighted by Crippen LogP contribution is -2.31. The highest BCUT2D eigenvalue weighted by Crippen LogP contribution is 2.44. The zero-order valence-electron chi connectivity index (χ0n) is 35.5. The monoisotopic (exact) mass is 849 g/mol. The van der Waals surface area contributed by atoms with Gasteiger partial charge in [0.1, 0.15) is 30.2 Å². The summed E-state index contributed by atoms with van der Waals surface area (Å²) < 4.78 is 9.01. The molecule has 0 aromatic heterocycles. The van der Waals surface area contributed by atoms with Crippen LogP contribution in [0, 0.1) is 30.3 Å². The Labute approximate surface area is 364 Å². The molecule has 322 valence electrons. The minimum atomic E-state index is -0.406.